The predicted molar refractivity (Wildman–Crippen MR) is 146 cm³/mol. The molecule has 0 unspecified atom stereocenters. The largest absolute Gasteiger partial charge is 0.490 e. The van der Waals surface area contributed by atoms with E-state index in [1.165, 1.54) is 24.3 Å². The van der Waals surface area contributed by atoms with Gasteiger partial charge in [0.15, 0.2) is 18.1 Å². The summed E-state index contributed by atoms with van der Waals surface area (Å²) in [6.07, 6.45) is 1.58. The van der Waals surface area contributed by atoms with Crippen LogP contribution in [0.5, 0.6) is 11.5 Å². The number of benzene rings is 3. The lowest BCUT2D eigenvalue weighted by atomic mass is 10.1. The van der Waals surface area contributed by atoms with Crippen LogP contribution in [0, 0.1) is 5.82 Å². The molecule has 11 heteroatoms. The first-order valence-corrected chi connectivity index (χ1v) is 12.9. The van der Waals surface area contributed by atoms with E-state index in [0.717, 1.165) is 16.7 Å². The van der Waals surface area contributed by atoms with Crippen LogP contribution in [0.2, 0.25) is 5.02 Å². The van der Waals surface area contributed by atoms with E-state index in [1.54, 1.807) is 49.4 Å². The molecule has 3 aromatic rings. The summed E-state index contributed by atoms with van der Waals surface area (Å²) in [5.41, 5.74) is 1.40. The second-order valence-electron chi connectivity index (χ2n) is 7.60. The molecule has 3 aromatic carbocycles. The fourth-order valence-electron chi connectivity index (χ4n) is 3.40. The van der Waals surface area contributed by atoms with E-state index in [9.17, 15) is 18.8 Å². The highest BCUT2D eigenvalue weighted by atomic mass is 79.9. The van der Waals surface area contributed by atoms with Crippen LogP contribution in [0.3, 0.4) is 0 Å². The lowest BCUT2D eigenvalue weighted by Gasteiger charge is -2.15. The summed E-state index contributed by atoms with van der Waals surface area (Å²) in [5.74, 6) is -0.690. The van der Waals surface area contributed by atoms with E-state index >= 15 is 0 Å². The first-order valence-electron chi connectivity index (χ1n) is 10.9. The van der Waals surface area contributed by atoms with Gasteiger partial charge in [-0.25, -0.2) is 9.29 Å². The maximum Gasteiger partial charge on any atom is 0.298 e. The second-order valence-corrected chi connectivity index (χ2v) is 9.89. The van der Waals surface area contributed by atoms with Gasteiger partial charge in [-0.1, -0.05) is 17.7 Å². The normalized spacial score (nSPS) is 14.3. The minimum Gasteiger partial charge on any atom is -0.490 e. The van der Waals surface area contributed by atoms with Crippen LogP contribution in [0.1, 0.15) is 12.5 Å². The molecule has 0 aromatic heterocycles. The molecule has 4 rings (SSSR count). The molecule has 190 valence electrons. The van der Waals surface area contributed by atoms with Crippen molar-refractivity contribution in [3.63, 3.8) is 0 Å². The van der Waals surface area contributed by atoms with Crippen molar-refractivity contribution in [3.05, 3.63) is 86.4 Å². The molecule has 1 aliphatic rings. The highest BCUT2D eigenvalue weighted by molar-refractivity contribution is 9.10. The number of carbonyl (C=O) groups is 3. The Hall–Kier alpha value is -3.34. The van der Waals surface area contributed by atoms with Crippen molar-refractivity contribution >= 4 is 73.8 Å². The standard InChI is InChI=1S/C26H19BrClFN2O5S/c1-2-35-21-11-15(12-22-25(33)31(26(34)37-22)19-5-3-4-16(28)13-19)10-20(27)24(21)36-14-23(32)30-18-8-6-17(29)7-9-18/h3-13H,2,14H2,1H3,(H,30,32)/b22-12+. The molecular formula is C26H19BrClFN2O5S. The van der Waals surface area contributed by atoms with Crippen molar-refractivity contribution in [2.24, 2.45) is 0 Å². The van der Waals surface area contributed by atoms with Crippen LogP contribution in [-0.4, -0.2) is 30.3 Å². The van der Waals surface area contributed by atoms with E-state index in [1.807, 2.05) is 0 Å². The Morgan fingerprint density at radius 3 is 2.59 bits per heavy atom. The summed E-state index contributed by atoms with van der Waals surface area (Å²) in [4.78, 5) is 39.1. The molecule has 1 N–H and O–H groups in total. The van der Waals surface area contributed by atoms with Gasteiger partial charge in [-0.05, 0) is 101 Å². The molecule has 0 spiro atoms. The van der Waals surface area contributed by atoms with Crippen molar-refractivity contribution in [1.82, 2.24) is 0 Å². The number of ether oxygens (including phenoxy) is 2. The summed E-state index contributed by atoms with van der Waals surface area (Å²) in [5, 5.41) is 2.59. The molecular weight excluding hydrogens is 587 g/mol. The van der Waals surface area contributed by atoms with Gasteiger partial charge in [-0.2, -0.15) is 0 Å². The smallest absolute Gasteiger partial charge is 0.298 e. The number of rotatable bonds is 8. The van der Waals surface area contributed by atoms with Gasteiger partial charge in [0, 0.05) is 10.7 Å². The summed E-state index contributed by atoms with van der Waals surface area (Å²) in [6, 6.07) is 15.2. The zero-order valence-electron chi connectivity index (χ0n) is 19.3. The Morgan fingerprint density at radius 2 is 1.89 bits per heavy atom. The van der Waals surface area contributed by atoms with Gasteiger partial charge in [0.2, 0.25) is 0 Å². The maximum atomic E-state index is 13.1. The van der Waals surface area contributed by atoms with Gasteiger partial charge >= 0.3 is 0 Å². The number of nitrogens with zero attached hydrogens (tertiary/aromatic N) is 1. The SMILES string of the molecule is CCOc1cc(/C=C2/SC(=O)N(c3cccc(Cl)c3)C2=O)cc(Br)c1OCC(=O)Nc1ccc(F)cc1. The Kier molecular flexibility index (Phi) is 8.52. The third kappa shape index (κ3) is 6.51. The van der Waals surface area contributed by atoms with Crippen molar-refractivity contribution in [3.8, 4) is 11.5 Å². The second kappa shape index (κ2) is 11.8. The predicted octanol–water partition coefficient (Wildman–Crippen LogP) is 6.90. The fraction of sp³-hybridized carbons (Fsp3) is 0.115. The number of halogens is 3. The van der Waals surface area contributed by atoms with Crippen molar-refractivity contribution in [1.29, 1.82) is 0 Å². The molecule has 0 bridgehead atoms. The number of thioether (sulfide) groups is 1. The molecule has 1 heterocycles. The Morgan fingerprint density at radius 1 is 1.14 bits per heavy atom. The van der Waals surface area contributed by atoms with Gasteiger partial charge < -0.3 is 14.8 Å². The van der Waals surface area contributed by atoms with Gasteiger partial charge in [0.25, 0.3) is 17.1 Å². The third-order valence-corrected chi connectivity index (χ3v) is 6.66. The first kappa shape index (κ1) is 26.7. The van der Waals surface area contributed by atoms with Crippen LogP contribution in [0.15, 0.2) is 70.0 Å². The highest BCUT2D eigenvalue weighted by Gasteiger charge is 2.36. The summed E-state index contributed by atoms with van der Waals surface area (Å²) in [6.45, 7) is 1.79. The average Bonchev–Trinajstić information content (AvgIpc) is 3.12. The van der Waals surface area contributed by atoms with Gasteiger partial charge in [-0.15, -0.1) is 0 Å². The van der Waals surface area contributed by atoms with Gasteiger partial charge in [0.05, 0.1) is 21.7 Å². The molecule has 7 nitrogen and oxygen atoms in total. The Bertz CT molecular complexity index is 1400. The zero-order valence-corrected chi connectivity index (χ0v) is 22.5. The van der Waals surface area contributed by atoms with Crippen LogP contribution in [0.4, 0.5) is 20.6 Å². The molecule has 3 amide bonds. The number of anilines is 2. The summed E-state index contributed by atoms with van der Waals surface area (Å²) >= 11 is 10.3. The molecule has 1 fully saturated rings. The van der Waals surface area contributed by atoms with E-state index < -0.39 is 22.9 Å². The van der Waals surface area contributed by atoms with Crippen LogP contribution in [0.25, 0.3) is 6.08 Å². The van der Waals surface area contributed by atoms with E-state index in [4.69, 9.17) is 21.1 Å². The lowest BCUT2D eigenvalue weighted by Crippen LogP contribution is -2.27. The van der Waals surface area contributed by atoms with Crippen molar-refractivity contribution in [2.75, 3.05) is 23.4 Å². The molecule has 0 radical (unpaired) electrons. The van der Waals surface area contributed by atoms with E-state index in [0.29, 0.717) is 44.5 Å². The number of hydrogen-bond acceptors (Lipinski definition) is 6. The van der Waals surface area contributed by atoms with E-state index in [2.05, 4.69) is 21.2 Å². The molecule has 37 heavy (non-hydrogen) atoms. The summed E-state index contributed by atoms with van der Waals surface area (Å²) in [7, 11) is 0. The van der Waals surface area contributed by atoms with E-state index in [-0.39, 0.29) is 11.5 Å². The molecule has 1 aliphatic heterocycles. The van der Waals surface area contributed by atoms with Crippen LogP contribution >= 0.6 is 39.3 Å². The average molecular weight is 606 g/mol. The summed E-state index contributed by atoms with van der Waals surface area (Å²) < 4.78 is 24.9. The number of nitrogens with one attached hydrogen (secondary N) is 1. The topological polar surface area (TPSA) is 84.9 Å². The van der Waals surface area contributed by atoms with Gasteiger partial charge in [-0.3, -0.25) is 14.4 Å². The number of imide groups is 1. The maximum absolute atomic E-state index is 13.1. The van der Waals surface area contributed by atoms with Gasteiger partial charge in [0.1, 0.15) is 5.82 Å². The first-order chi connectivity index (χ1) is 17.7. The highest BCUT2D eigenvalue weighted by Crippen LogP contribution is 2.40. The Balaban J connectivity index is 1.52. The molecule has 0 saturated carbocycles. The lowest BCUT2D eigenvalue weighted by molar-refractivity contribution is -0.118. The minimum atomic E-state index is -0.468. The minimum absolute atomic E-state index is 0.228. The Labute approximate surface area is 229 Å². The zero-order chi connectivity index (χ0) is 26.5. The fourth-order valence-corrected chi connectivity index (χ4v) is 5.00. The van der Waals surface area contributed by atoms with Crippen molar-refractivity contribution < 1.29 is 28.2 Å². The molecule has 0 atom stereocenters. The number of hydrogen-bond donors (Lipinski definition) is 1. The number of amides is 3. The van der Waals surface area contributed by atoms with Crippen LogP contribution in [-0.2, 0) is 9.59 Å². The van der Waals surface area contributed by atoms with Crippen LogP contribution < -0.4 is 19.7 Å². The number of carbonyl (C=O) groups excluding carboxylic acids is 3. The van der Waals surface area contributed by atoms with Crippen molar-refractivity contribution in [2.45, 2.75) is 6.92 Å². The quantitative estimate of drug-likeness (QED) is 0.281. The third-order valence-electron chi connectivity index (χ3n) is 4.97. The molecule has 1 saturated heterocycles. The molecule has 0 aliphatic carbocycles. The monoisotopic (exact) mass is 604 g/mol.